The third-order valence-electron chi connectivity index (χ3n) is 5.59. The van der Waals surface area contributed by atoms with Gasteiger partial charge in [0.15, 0.2) is 0 Å². The van der Waals surface area contributed by atoms with Gasteiger partial charge in [-0.05, 0) is 60.4 Å². The van der Waals surface area contributed by atoms with Crippen LogP contribution < -0.4 is 4.74 Å². The molecular weight excluding hydrogens is 363 g/mol. The highest BCUT2D eigenvalue weighted by atomic mass is 19.1. The third kappa shape index (κ3) is 5.70. The highest BCUT2D eigenvalue weighted by Crippen LogP contribution is 2.20. The van der Waals surface area contributed by atoms with Gasteiger partial charge in [0.25, 0.3) is 0 Å². The summed E-state index contributed by atoms with van der Waals surface area (Å²) in [5, 5.41) is 0. The van der Waals surface area contributed by atoms with Crippen LogP contribution in [0.15, 0.2) is 66.9 Å². The zero-order chi connectivity index (χ0) is 20.8. The lowest BCUT2D eigenvalue weighted by atomic mass is 10.0. The number of benzene rings is 2. The Labute approximate surface area is 173 Å². The van der Waals surface area contributed by atoms with Crippen LogP contribution in [0.1, 0.15) is 37.6 Å². The van der Waals surface area contributed by atoms with Crippen LogP contribution in [0, 0.1) is 11.7 Å². The van der Waals surface area contributed by atoms with Crippen LogP contribution in [-0.2, 0) is 19.6 Å². The van der Waals surface area contributed by atoms with E-state index in [1.165, 1.54) is 17.3 Å². The first-order valence-electron chi connectivity index (χ1n) is 10.2. The SMILES string of the molecule is COc1cccc(Cn2cccc2CN(Cc2cccc(F)c2)C(C)C(C)C)c1. The van der Waals surface area contributed by atoms with Gasteiger partial charge in [0, 0.05) is 37.6 Å². The van der Waals surface area contributed by atoms with Crippen LogP contribution in [0.25, 0.3) is 0 Å². The molecule has 0 bridgehead atoms. The Morgan fingerprint density at radius 3 is 2.41 bits per heavy atom. The molecule has 0 aliphatic heterocycles. The van der Waals surface area contributed by atoms with Crippen LogP contribution in [0.3, 0.4) is 0 Å². The zero-order valence-electron chi connectivity index (χ0n) is 17.8. The first kappa shape index (κ1) is 21.1. The van der Waals surface area contributed by atoms with Crippen molar-refractivity contribution in [2.75, 3.05) is 7.11 Å². The molecule has 0 saturated heterocycles. The standard InChI is InChI=1S/C25H31FN2O/c1-19(2)20(3)28(17-21-8-5-10-23(26)14-21)18-24-11-7-13-27(24)16-22-9-6-12-25(15-22)29-4/h5-15,19-20H,16-18H2,1-4H3. The van der Waals surface area contributed by atoms with Crippen molar-refractivity contribution in [3.8, 4) is 5.75 Å². The highest BCUT2D eigenvalue weighted by Gasteiger charge is 2.19. The van der Waals surface area contributed by atoms with E-state index < -0.39 is 0 Å². The molecule has 3 rings (SSSR count). The largest absolute Gasteiger partial charge is 0.497 e. The molecule has 3 aromatic rings. The Balaban J connectivity index is 1.80. The van der Waals surface area contributed by atoms with Gasteiger partial charge in [-0.15, -0.1) is 0 Å². The number of aromatic nitrogens is 1. The van der Waals surface area contributed by atoms with Crippen LogP contribution >= 0.6 is 0 Å². The molecule has 0 aliphatic rings. The van der Waals surface area contributed by atoms with Crippen LogP contribution in [-0.4, -0.2) is 22.6 Å². The molecule has 1 unspecified atom stereocenters. The van der Waals surface area contributed by atoms with Crippen molar-refractivity contribution in [3.63, 3.8) is 0 Å². The minimum Gasteiger partial charge on any atom is -0.497 e. The van der Waals surface area contributed by atoms with Gasteiger partial charge in [0.2, 0.25) is 0 Å². The number of nitrogens with zero attached hydrogens (tertiary/aromatic N) is 2. The Hall–Kier alpha value is -2.59. The lowest BCUT2D eigenvalue weighted by Crippen LogP contribution is -2.36. The Bertz CT molecular complexity index is 918. The van der Waals surface area contributed by atoms with Crippen molar-refractivity contribution < 1.29 is 9.13 Å². The monoisotopic (exact) mass is 394 g/mol. The minimum atomic E-state index is -0.180. The van der Waals surface area contributed by atoms with E-state index in [9.17, 15) is 4.39 Å². The predicted octanol–water partition coefficient (Wildman–Crippen LogP) is 5.73. The van der Waals surface area contributed by atoms with E-state index in [2.05, 4.69) is 60.7 Å². The van der Waals surface area contributed by atoms with Gasteiger partial charge in [-0.2, -0.15) is 0 Å². The van der Waals surface area contributed by atoms with Gasteiger partial charge in [-0.1, -0.05) is 38.1 Å². The summed E-state index contributed by atoms with van der Waals surface area (Å²) >= 11 is 0. The Kier molecular flexibility index (Phi) is 7.10. The summed E-state index contributed by atoms with van der Waals surface area (Å²) in [4.78, 5) is 2.43. The van der Waals surface area contributed by atoms with Crippen molar-refractivity contribution in [2.24, 2.45) is 5.92 Å². The molecule has 154 valence electrons. The molecule has 0 aliphatic carbocycles. The van der Waals surface area contributed by atoms with Gasteiger partial charge >= 0.3 is 0 Å². The molecular formula is C25H31FN2O. The van der Waals surface area contributed by atoms with E-state index in [-0.39, 0.29) is 5.82 Å². The summed E-state index contributed by atoms with van der Waals surface area (Å²) in [7, 11) is 1.69. The summed E-state index contributed by atoms with van der Waals surface area (Å²) in [6, 6.07) is 19.7. The Morgan fingerprint density at radius 1 is 0.931 bits per heavy atom. The number of halogens is 1. The second-order valence-electron chi connectivity index (χ2n) is 8.00. The summed E-state index contributed by atoms with van der Waals surface area (Å²) in [6.45, 7) is 9.05. The topological polar surface area (TPSA) is 17.4 Å². The molecule has 0 amide bonds. The van der Waals surface area contributed by atoms with E-state index in [4.69, 9.17) is 4.74 Å². The van der Waals surface area contributed by atoms with E-state index in [0.29, 0.717) is 12.0 Å². The number of methoxy groups -OCH3 is 1. The number of hydrogen-bond donors (Lipinski definition) is 0. The summed E-state index contributed by atoms with van der Waals surface area (Å²) < 4.78 is 21.3. The maximum atomic E-state index is 13.7. The van der Waals surface area contributed by atoms with Crippen molar-refractivity contribution >= 4 is 0 Å². The molecule has 0 N–H and O–H groups in total. The van der Waals surface area contributed by atoms with Gasteiger partial charge < -0.3 is 9.30 Å². The van der Waals surface area contributed by atoms with Gasteiger partial charge in [0.1, 0.15) is 11.6 Å². The smallest absolute Gasteiger partial charge is 0.123 e. The van der Waals surface area contributed by atoms with E-state index in [0.717, 1.165) is 30.9 Å². The highest BCUT2D eigenvalue weighted by molar-refractivity contribution is 5.29. The minimum absolute atomic E-state index is 0.180. The molecule has 0 fully saturated rings. The number of hydrogen-bond acceptors (Lipinski definition) is 2. The molecule has 0 spiro atoms. The van der Waals surface area contributed by atoms with Gasteiger partial charge in [-0.25, -0.2) is 4.39 Å². The van der Waals surface area contributed by atoms with Crippen molar-refractivity contribution in [3.05, 3.63) is 89.5 Å². The predicted molar refractivity (Wildman–Crippen MR) is 116 cm³/mol. The van der Waals surface area contributed by atoms with E-state index in [1.807, 2.05) is 18.2 Å². The van der Waals surface area contributed by atoms with Crippen LogP contribution in [0.4, 0.5) is 4.39 Å². The molecule has 0 radical (unpaired) electrons. The summed E-state index contributed by atoms with van der Waals surface area (Å²) in [5.74, 6) is 1.20. The first-order valence-corrected chi connectivity index (χ1v) is 10.2. The van der Waals surface area contributed by atoms with Crippen LogP contribution in [0.2, 0.25) is 0 Å². The fourth-order valence-electron chi connectivity index (χ4n) is 3.56. The molecule has 2 aromatic carbocycles. The molecule has 4 heteroatoms. The van der Waals surface area contributed by atoms with Crippen molar-refractivity contribution in [1.82, 2.24) is 9.47 Å². The molecule has 0 saturated carbocycles. The molecule has 29 heavy (non-hydrogen) atoms. The number of ether oxygens (including phenoxy) is 1. The summed E-state index contributed by atoms with van der Waals surface area (Å²) in [5.41, 5.74) is 3.45. The average Bonchev–Trinajstić information content (AvgIpc) is 3.13. The quantitative estimate of drug-likeness (QED) is 0.461. The van der Waals surface area contributed by atoms with Gasteiger partial charge in [-0.3, -0.25) is 4.90 Å². The van der Waals surface area contributed by atoms with Crippen LogP contribution in [0.5, 0.6) is 5.75 Å². The molecule has 1 atom stereocenters. The number of rotatable bonds is 9. The maximum Gasteiger partial charge on any atom is 0.123 e. The fourth-order valence-corrected chi connectivity index (χ4v) is 3.56. The maximum absolute atomic E-state index is 13.7. The lowest BCUT2D eigenvalue weighted by Gasteiger charge is -2.32. The van der Waals surface area contributed by atoms with Crippen molar-refractivity contribution in [1.29, 1.82) is 0 Å². The van der Waals surface area contributed by atoms with Crippen molar-refractivity contribution in [2.45, 2.75) is 46.4 Å². The summed E-state index contributed by atoms with van der Waals surface area (Å²) in [6.07, 6.45) is 2.12. The van der Waals surface area contributed by atoms with E-state index >= 15 is 0 Å². The average molecular weight is 395 g/mol. The lowest BCUT2D eigenvalue weighted by molar-refractivity contribution is 0.148. The first-order chi connectivity index (χ1) is 14.0. The molecule has 3 nitrogen and oxygen atoms in total. The zero-order valence-corrected chi connectivity index (χ0v) is 17.8. The fraction of sp³-hybridized carbons (Fsp3) is 0.360. The second kappa shape index (κ2) is 9.75. The second-order valence-corrected chi connectivity index (χ2v) is 8.00. The van der Waals surface area contributed by atoms with E-state index in [1.54, 1.807) is 19.2 Å². The Morgan fingerprint density at radius 2 is 1.69 bits per heavy atom. The normalized spacial score (nSPS) is 12.5. The molecule has 1 aromatic heterocycles. The molecule has 1 heterocycles. The third-order valence-corrected chi connectivity index (χ3v) is 5.59. The van der Waals surface area contributed by atoms with Gasteiger partial charge in [0.05, 0.1) is 7.11 Å².